The van der Waals surface area contributed by atoms with E-state index >= 15 is 0 Å². The smallest absolute Gasteiger partial charge is 0.0606 e. The Hall–Kier alpha value is -0.620. The first kappa shape index (κ1) is 13.4. The molecular weight excluding hydrogens is 272 g/mol. The average Bonchev–Trinajstić information content (AvgIpc) is 2.29. The molecule has 0 bridgehead atoms. The van der Waals surface area contributed by atoms with Crippen LogP contribution in [0, 0.1) is 0 Å². The first-order valence-electron chi connectivity index (χ1n) is 5.18. The SMILES string of the molecule is NCc1ccc(Br)cc1N(CCO)CCO. The Kier molecular flexibility index (Phi) is 5.76. The van der Waals surface area contributed by atoms with E-state index in [0.29, 0.717) is 19.6 Å². The highest BCUT2D eigenvalue weighted by Gasteiger charge is 2.10. The van der Waals surface area contributed by atoms with Crippen LogP contribution in [0.1, 0.15) is 5.56 Å². The molecule has 0 amide bonds. The lowest BCUT2D eigenvalue weighted by Gasteiger charge is -2.25. The first-order chi connectivity index (χ1) is 7.72. The highest BCUT2D eigenvalue weighted by atomic mass is 79.9. The Bertz CT molecular complexity index is 328. The normalized spacial score (nSPS) is 10.5. The third-order valence-corrected chi connectivity index (χ3v) is 2.84. The van der Waals surface area contributed by atoms with E-state index in [2.05, 4.69) is 15.9 Å². The number of nitrogens with two attached hydrogens (primary N) is 1. The number of hydrogen-bond donors (Lipinski definition) is 3. The van der Waals surface area contributed by atoms with Crippen LogP contribution in [0.25, 0.3) is 0 Å². The Labute approximate surface area is 104 Å². The molecule has 1 rings (SSSR count). The van der Waals surface area contributed by atoms with Crippen LogP contribution in [0.4, 0.5) is 5.69 Å². The minimum Gasteiger partial charge on any atom is -0.395 e. The number of rotatable bonds is 6. The van der Waals surface area contributed by atoms with Crippen molar-refractivity contribution < 1.29 is 10.2 Å². The monoisotopic (exact) mass is 288 g/mol. The number of benzene rings is 1. The van der Waals surface area contributed by atoms with Crippen LogP contribution in [-0.2, 0) is 6.54 Å². The molecule has 0 saturated carbocycles. The molecule has 0 fully saturated rings. The number of nitrogens with zero attached hydrogens (tertiary/aromatic N) is 1. The van der Waals surface area contributed by atoms with E-state index in [1.54, 1.807) is 0 Å². The van der Waals surface area contributed by atoms with Crippen LogP contribution < -0.4 is 10.6 Å². The molecule has 0 heterocycles. The zero-order valence-corrected chi connectivity index (χ0v) is 10.7. The maximum Gasteiger partial charge on any atom is 0.0606 e. The summed E-state index contributed by atoms with van der Waals surface area (Å²) in [5, 5.41) is 18.0. The molecule has 0 unspecified atom stereocenters. The van der Waals surface area contributed by atoms with E-state index in [-0.39, 0.29) is 13.2 Å². The van der Waals surface area contributed by atoms with Crippen molar-refractivity contribution in [2.24, 2.45) is 5.73 Å². The Morgan fingerprint density at radius 3 is 2.31 bits per heavy atom. The summed E-state index contributed by atoms with van der Waals surface area (Å²) in [5.74, 6) is 0. The first-order valence-corrected chi connectivity index (χ1v) is 5.97. The third-order valence-electron chi connectivity index (χ3n) is 2.35. The minimum absolute atomic E-state index is 0.0521. The summed E-state index contributed by atoms with van der Waals surface area (Å²) in [5.41, 5.74) is 7.63. The number of aliphatic hydroxyl groups is 2. The molecule has 0 spiro atoms. The van der Waals surface area contributed by atoms with Crippen molar-refractivity contribution in [3.8, 4) is 0 Å². The molecule has 0 aromatic heterocycles. The van der Waals surface area contributed by atoms with Crippen LogP contribution in [0.15, 0.2) is 22.7 Å². The van der Waals surface area contributed by atoms with Gasteiger partial charge in [-0.05, 0) is 17.7 Å². The quantitative estimate of drug-likeness (QED) is 0.721. The molecule has 16 heavy (non-hydrogen) atoms. The van der Waals surface area contributed by atoms with Gasteiger partial charge in [-0.15, -0.1) is 0 Å². The van der Waals surface area contributed by atoms with Crippen molar-refractivity contribution >= 4 is 21.6 Å². The minimum atomic E-state index is 0.0521. The summed E-state index contributed by atoms with van der Waals surface area (Å²) in [6.45, 7) is 1.52. The van der Waals surface area contributed by atoms with Gasteiger partial charge < -0.3 is 20.8 Å². The van der Waals surface area contributed by atoms with E-state index in [4.69, 9.17) is 15.9 Å². The van der Waals surface area contributed by atoms with Gasteiger partial charge in [0.15, 0.2) is 0 Å². The lowest BCUT2D eigenvalue weighted by Crippen LogP contribution is -2.30. The Balaban J connectivity index is 3.00. The summed E-state index contributed by atoms with van der Waals surface area (Å²) < 4.78 is 0.959. The molecule has 0 atom stereocenters. The summed E-state index contributed by atoms with van der Waals surface area (Å²) in [6.07, 6.45) is 0. The second kappa shape index (κ2) is 6.85. The van der Waals surface area contributed by atoms with Crippen molar-refractivity contribution in [3.63, 3.8) is 0 Å². The fourth-order valence-electron chi connectivity index (χ4n) is 1.60. The van der Waals surface area contributed by atoms with Crippen LogP contribution >= 0.6 is 15.9 Å². The van der Waals surface area contributed by atoms with E-state index in [1.807, 2.05) is 23.1 Å². The molecule has 0 aliphatic rings. The van der Waals surface area contributed by atoms with Gasteiger partial charge in [-0.1, -0.05) is 22.0 Å². The predicted molar refractivity (Wildman–Crippen MR) is 68.4 cm³/mol. The van der Waals surface area contributed by atoms with Gasteiger partial charge in [0, 0.05) is 29.8 Å². The molecule has 90 valence electrons. The number of hydrogen-bond acceptors (Lipinski definition) is 4. The van der Waals surface area contributed by atoms with Crippen molar-refractivity contribution in [1.29, 1.82) is 0 Å². The summed E-state index contributed by atoms with van der Waals surface area (Å²) in [4.78, 5) is 1.92. The van der Waals surface area contributed by atoms with E-state index in [9.17, 15) is 0 Å². The highest BCUT2D eigenvalue weighted by Crippen LogP contribution is 2.24. The van der Waals surface area contributed by atoms with Crippen molar-refractivity contribution in [3.05, 3.63) is 28.2 Å². The predicted octanol–water partition coefficient (Wildman–Crippen LogP) is 0.699. The molecular formula is C11H17BrN2O2. The van der Waals surface area contributed by atoms with Crippen LogP contribution in [0.3, 0.4) is 0 Å². The maximum atomic E-state index is 8.99. The average molecular weight is 289 g/mol. The zero-order valence-electron chi connectivity index (χ0n) is 9.06. The second-order valence-corrected chi connectivity index (χ2v) is 4.33. The van der Waals surface area contributed by atoms with Crippen molar-refractivity contribution in [1.82, 2.24) is 0 Å². The van der Waals surface area contributed by atoms with Crippen LogP contribution in [-0.4, -0.2) is 36.5 Å². The number of aliphatic hydroxyl groups excluding tert-OH is 2. The standard InChI is InChI=1S/C11H17BrN2O2/c12-10-2-1-9(8-13)11(7-10)14(3-5-15)4-6-16/h1-2,7,15-16H,3-6,8,13H2. The number of halogens is 1. The van der Waals surface area contributed by atoms with Crippen LogP contribution in [0.5, 0.6) is 0 Å². The molecule has 1 aromatic rings. The van der Waals surface area contributed by atoms with Crippen molar-refractivity contribution in [2.75, 3.05) is 31.2 Å². The van der Waals surface area contributed by atoms with E-state index in [1.165, 1.54) is 0 Å². The lowest BCUT2D eigenvalue weighted by atomic mass is 10.1. The second-order valence-electron chi connectivity index (χ2n) is 3.41. The summed E-state index contributed by atoms with van der Waals surface area (Å²) >= 11 is 3.40. The topological polar surface area (TPSA) is 69.7 Å². The largest absolute Gasteiger partial charge is 0.395 e. The number of anilines is 1. The maximum absolute atomic E-state index is 8.99. The van der Waals surface area contributed by atoms with Gasteiger partial charge in [-0.2, -0.15) is 0 Å². The van der Waals surface area contributed by atoms with Crippen molar-refractivity contribution in [2.45, 2.75) is 6.54 Å². The fraction of sp³-hybridized carbons (Fsp3) is 0.455. The van der Waals surface area contributed by atoms with Gasteiger partial charge >= 0.3 is 0 Å². The van der Waals surface area contributed by atoms with Gasteiger partial charge in [0.25, 0.3) is 0 Å². The van der Waals surface area contributed by atoms with E-state index < -0.39 is 0 Å². The third kappa shape index (κ3) is 3.45. The van der Waals surface area contributed by atoms with Crippen LogP contribution in [0.2, 0.25) is 0 Å². The molecule has 4 N–H and O–H groups in total. The molecule has 0 saturated heterocycles. The summed E-state index contributed by atoms with van der Waals surface area (Å²) in [7, 11) is 0. The van der Waals surface area contributed by atoms with Gasteiger partial charge in [-0.25, -0.2) is 0 Å². The molecule has 5 heteroatoms. The Morgan fingerprint density at radius 1 is 1.19 bits per heavy atom. The molecule has 4 nitrogen and oxygen atoms in total. The lowest BCUT2D eigenvalue weighted by molar-refractivity contribution is 0.281. The Morgan fingerprint density at radius 2 is 1.81 bits per heavy atom. The fourth-order valence-corrected chi connectivity index (χ4v) is 1.95. The molecule has 0 radical (unpaired) electrons. The van der Waals surface area contributed by atoms with Gasteiger partial charge in [0.1, 0.15) is 0 Å². The van der Waals surface area contributed by atoms with Gasteiger partial charge in [-0.3, -0.25) is 0 Å². The molecule has 0 aliphatic carbocycles. The summed E-state index contributed by atoms with van der Waals surface area (Å²) in [6, 6.07) is 5.83. The molecule has 1 aromatic carbocycles. The zero-order chi connectivity index (χ0) is 12.0. The van der Waals surface area contributed by atoms with Gasteiger partial charge in [0.05, 0.1) is 13.2 Å². The van der Waals surface area contributed by atoms with E-state index in [0.717, 1.165) is 15.7 Å². The highest BCUT2D eigenvalue weighted by molar-refractivity contribution is 9.10. The molecule has 0 aliphatic heterocycles. The van der Waals surface area contributed by atoms with Gasteiger partial charge in [0.2, 0.25) is 0 Å².